The summed E-state index contributed by atoms with van der Waals surface area (Å²) in [5.74, 6) is -0.326. The van der Waals surface area contributed by atoms with Crippen molar-refractivity contribution in [3.63, 3.8) is 0 Å². The Hall–Kier alpha value is -2.75. The first-order valence-corrected chi connectivity index (χ1v) is 7.34. The van der Waals surface area contributed by atoms with Crippen molar-refractivity contribution in [3.8, 4) is 0 Å². The molecule has 22 heavy (non-hydrogen) atoms. The SMILES string of the molecule is CCOC(=O)c1cc2c(NCc3ccccc3)cccc2[nH]1. The van der Waals surface area contributed by atoms with Gasteiger partial charge in [-0.15, -0.1) is 0 Å². The van der Waals surface area contributed by atoms with Crippen LogP contribution in [-0.4, -0.2) is 17.6 Å². The van der Waals surface area contributed by atoms with Crippen molar-refractivity contribution >= 4 is 22.6 Å². The predicted molar refractivity (Wildman–Crippen MR) is 88.0 cm³/mol. The fourth-order valence-corrected chi connectivity index (χ4v) is 2.42. The molecule has 1 heterocycles. The van der Waals surface area contributed by atoms with Gasteiger partial charge in [-0.2, -0.15) is 0 Å². The van der Waals surface area contributed by atoms with Crippen LogP contribution in [-0.2, 0) is 11.3 Å². The molecule has 0 spiro atoms. The molecule has 4 heteroatoms. The highest BCUT2D eigenvalue weighted by Crippen LogP contribution is 2.25. The third kappa shape index (κ3) is 2.96. The van der Waals surface area contributed by atoms with E-state index >= 15 is 0 Å². The van der Waals surface area contributed by atoms with Gasteiger partial charge in [-0.1, -0.05) is 36.4 Å². The standard InChI is InChI=1S/C18H18N2O2/c1-2-22-18(21)17-11-14-15(9-6-10-16(14)20-17)19-12-13-7-4-3-5-8-13/h3-11,19-20H,2,12H2,1H3. The van der Waals surface area contributed by atoms with E-state index < -0.39 is 0 Å². The molecule has 2 N–H and O–H groups in total. The molecule has 0 aliphatic rings. The Morgan fingerprint density at radius 3 is 2.73 bits per heavy atom. The van der Waals surface area contributed by atoms with Gasteiger partial charge in [0.1, 0.15) is 5.69 Å². The highest BCUT2D eigenvalue weighted by molar-refractivity contribution is 5.99. The Kier molecular flexibility index (Phi) is 4.10. The minimum Gasteiger partial charge on any atom is -0.461 e. The van der Waals surface area contributed by atoms with Gasteiger partial charge in [0.05, 0.1) is 6.61 Å². The summed E-state index contributed by atoms with van der Waals surface area (Å²) in [6.45, 7) is 2.90. The van der Waals surface area contributed by atoms with Crippen LogP contribution in [0.3, 0.4) is 0 Å². The summed E-state index contributed by atoms with van der Waals surface area (Å²) in [5.41, 5.74) is 3.60. The topological polar surface area (TPSA) is 54.1 Å². The van der Waals surface area contributed by atoms with Crippen molar-refractivity contribution in [1.29, 1.82) is 0 Å². The maximum Gasteiger partial charge on any atom is 0.354 e. The molecule has 4 nitrogen and oxygen atoms in total. The van der Waals surface area contributed by atoms with Crippen LogP contribution in [0.2, 0.25) is 0 Å². The van der Waals surface area contributed by atoms with Crippen molar-refractivity contribution in [3.05, 3.63) is 65.9 Å². The van der Waals surface area contributed by atoms with Crippen LogP contribution in [0.4, 0.5) is 5.69 Å². The van der Waals surface area contributed by atoms with E-state index in [1.54, 1.807) is 6.92 Å². The molecule has 0 atom stereocenters. The summed E-state index contributed by atoms with van der Waals surface area (Å²) in [6, 6.07) is 18.0. The lowest BCUT2D eigenvalue weighted by Crippen LogP contribution is -2.04. The number of aromatic amines is 1. The van der Waals surface area contributed by atoms with Crippen molar-refractivity contribution < 1.29 is 9.53 Å². The van der Waals surface area contributed by atoms with Crippen LogP contribution in [0.25, 0.3) is 10.9 Å². The smallest absolute Gasteiger partial charge is 0.354 e. The molecule has 0 radical (unpaired) electrons. The third-order valence-electron chi connectivity index (χ3n) is 3.49. The summed E-state index contributed by atoms with van der Waals surface area (Å²) >= 11 is 0. The zero-order valence-electron chi connectivity index (χ0n) is 12.4. The predicted octanol–water partition coefficient (Wildman–Crippen LogP) is 3.96. The summed E-state index contributed by atoms with van der Waals surface area (Å²) in [5, 5.41) is 4.40. The summed E-state index contributed by atoms with van der Waals surface area (Å²) in [6.07, 6.45) is 0. The van der Waals surface area contributed by atoms with Gasteiger partial charge in [0.2, 0.25) is 0 Å². The van der Waals surface area contributed by atoms with E-state index in [1.165, 1.54) is 5.56 Å². The number of carbonyl (C=O) groups is 1. The normalized spacial score (nSPS) is 10.6. The summed E-state index contributed by atoms with van der Waals surface area (Å²) in [7, 11) is 0. The zero-order chi connectivity index (χ0) is 15.4. The van der Waals surface area contributed by atoms with Gasteiger partial charge in [0, 0.05) is 23.1 Å². The van der Waals surface area contributed by atoms with Crippen molar-refractivity contribution in [2.75, 3.05) is 11.9 Å². The summed E-state index contributed by atoms with van der Waals surface area (Å²) in [4.78, 5) is 14.9. The molecule has 0 saturated carbocycles. The van der Waals surface area contributed by atoms with Crippen LogP contribution >= 0.6 is 0 Å². The summed E-state index contributed by atoms with van der Waals surface area (Å²) < 4.78 is 5.04. The van der Waals surface area contributed by atoms with Crippen LogP contribution in [0.5, 0.6) is 0 Å². The van der Waals surface area contributed by atoms with Crippen molar-refractivity contribution in [2.45, 2.75) is 13.5 Å². The first kappa shape index (κ1) is 14.2. The van der Waals surface area contributed by atoms with Gasteiger partial charge in [-0.05, 0) is 30.7 Å². The van der Waals surface area contributed by atoms with Gasteiger partial charge in [-0.25, -0.2) is 4.79 Å². The highest BCUT2D eigenvalue weighted by Gasteiger charge is 2.12. The molecule has 112 valence electrons. The molecule has 3 aromatic rings. The van der Waals surface area contributed by atoms with E-state index in [-0.39, 0.29) is 5.97 Å². The molecule has 0 aliphatic carbocycles. The Balaban J connectivity index is 1.85. The van der Waals surface area contributed by atoms with Crippen LogP contribution in [0.15, 0.2) is 54.6 Å². The molecule has 2 aromatic carbocycles. The highest BCUT2D eigenvalue weighted by atomic mass is 16.5. The molecule has 0 amide bonds. The first-order valence-electron chi connectivity index (χ1n) is 7.34. The molecule has 0 bridgehead atoms. The average molecular weight is 294 g/mol. The minimum absolute atomic E-state index is 0.326. The van der Waals surface area contributed by atoms with E-state index in [0.717, 1.165) is 23.1 Å². The molecule has 1 aromatic heterocycles. The second-order valence-electron chi connectivity index (χ2n) is 5.01. The number of esters is 1. The monoisotopic (exact) mass is 294 g/mol. The zero-order valence-corrected chi connectivity index (χ0v) is 12.4. The fraction of sp³-hybridized carbons (Fsp3) is 0.167. The van der Waals surface area contributed by atoms with Crippen molar-refractivity contribution in [1.82, 2.24) is 4.98 Å². The van der Waals surface area contributed by atoms with Gasteiger partial charge in [-0.3, -0.25) is 0 Å². The van der Waals surface area contributed by atoms with Gasteiger partial charge < -0.3 is 15.0 Å². The van der Waals surface area contributed by atoms with Gasteiger partial charge >= 0.3 is 5.97 Å². The number of nitrogens with one attached hydrogen (secondary N) is 2. The number of rotatable bonds is 5. The van der Waals surface area contributed by atoms with Crippen LogP contribution in [0.1, 0.15) is 23.0 Å². The third-order valence-corrected chi connectivity index (χ3v) is 3.49. The Morgan fingerprint density at radius 2 is 1.95 bits per heavy atom. The van der Waals surface area contributed by atoms with Crippen LogP contribution in [0, 0.1) is 0 Å². The number of H-pyrrole nitrogens is 1. The number of carbonyl (C=O) groups excluding carboxylic acids is 1. The van der Waals surface area contributed by atoms with Gasteiger partial charge in [0.25, 0.3) is 0 Å². The Bertz CT molecular complexity index is 778. The largest absolute Gasteiger partial charge is 0.461 e. The quantitative estimate of drug-likeness (QED) is 0.700. The minimum atomic E-state index is -0.326. The van der Waals surface area contributed by atoms with E-state index in [2.05, 4.69) is 22.4 Å². The second-order valence-corrected chi connectivity index (χ2v) is 5.01. The molecular formula is C18H18N2O2. The first-order chi connectivity index (χ1) is 10.8. The number of anilines is 1. The fourth-order valence-electron chi connectivity index (χ4n) is 2.42. The molecular weight excluding hydrogens is 276 g/mol. The van der Waals surface area contributed by atoms with E-state index in [1.807, 2.05) is 42.5 Å². The number of hydrogen-bond donors (Lipinski definition) is 2. The Labute approximate surface area is 129 Å². The lowest BCUT2D eigenvalue weighted by atomic mass is 10.2. The second kappa shape index (κ2) is 6.35. The Morgan fingerprint density at radius 1 is 1.14 bits per heavy atom. The molecule has 3 rings (SSSR count). The number of aromatic nitrogens is 1. The van der Waals surface area contributed by atoms with Crippen molar-refractivity contribution in [2.24, 2.45) is 0 Å². The molecule has 0 saturated heterocycles. The van der Waals surface area contributed by atoms with Gasteiger partial charge in [0.15, 0.2) is 0 Å². The van der Waals surface area contributed by atoms with E-state index in [9.17, 15) is 4.79 Å². The molecule has 0 fully saturated rings. The lowest BCUT2D eigenvalue weighted by Gasteiger charge is -2.07. The number of benzene rings is 2. The molecule has 0 aliphatic heterocycles. The van der Waals surface area contributed by atoms with E-state index in [4.69, 9.17) is 4.74 Å². The maximum atomic E-state index is 11.8. The van der Waals surface area contributed by atoms with Crippen LogP contribution < -0.4 is 5.32 Å². The molecule has 0 unspecified atom stereocenters. The lowest BCUT2D eigenvalue weighted by molar-refractivity contribution is 0.0520. The average Bonchev–Trinajstić information content (AvgIpc) is 2.99. The van der Waals surface area contributed by atoms with E-state index in [0.29, 0.717) is 12.3 Å². The number of hydrogen-bond acceptors (Lipinski definition) is 3. The number of ether oxygens (including phenoxy) is 1. The number of fused-ring (bicyclic) bond motifs is 1. The maximum absolute atomic E-state index is 11.8.